The van der Waals surface area contributed by atoms with Gasteiger partial charge in [-0.15, -0.1) is 10.2 Å². The van der Waals surface area contributed by atoms with Crippen LogP contribution in [0.25, 0.3) is 0 Å². The third kappa shape index (κ3) is 4.29. The van der Waals surface area contributed by atoms with Gasteiger partial charge >= 0.3 is 0 Å². The molecule has 1 aromatic carbocycles. The van der Waals surface area contributed by atoms with E-state index in [-0.39, 0.29) is 17.5 Å². The fourth-order valence-corrected chi connectivity index (χ4v) is 2.62. The molecule has 2 rings (SSSR count). The molecule has 0 saturated carbocycles. The van der Waals surface area contributed by atoms with Crippen LogP contribution in [0, 0.1) is 12.7 Å². The van der Waals surface area contributed by atoms with Gasteiger partial charge in [-0.25, -0.2) is 4.39 Å². The predicted octanol–water partition coefficient (Wildman–Crippen LogP) is 2.87. The quantitative estimate of drug-likeness (QED) is 0.834. The van der Waals surface area contributed by atoms with Crippen molar-refractivity contribution in [2.75, 3.05) is 11.1 Å². The number of carbonyl (C=O) groups excluding carboxylic acids is 1. The van der Waals surface area contributed by atoms with Gasteiger partial charge in [0.05, 0.1) is 5.75 Å². The minimum atomic E-state index is -0.328. The molecule has 1 amide bonds. The van der Waals surface area contributed by atoms with E-state index < -0.39 is 0 Å². The van der Waals surface area contributed by atoms with Crippen LogP contribution in [0.3, 0.4) is 0 Å². The number of hydrogen-bond donors (Lipinski definition) is 1. The smallest absolute Gasteiger partial charge is 0.234 e. The van der Waals surface area contributed by atoms with Crippen LogP contribution in [-0.2, 0) is 11.3 Å². The second-order valence-corrected chi connectivity index (χ2v) is 5.47. The Morgan fingerprint density at radius 1 is 1.33 bits per heavy atom. The van der Waals surface area contributed by atoms with E-state index in [1.165, 1.54) is 36.0 Å². The third-order valence-electron chi connectivity index (χ3n) is 2.81. The van der Waals surface area contributed by atoms with E-state index in [2.05, 4.69) is 22.4 Å². The zero-order chi connectivity index (χ0) is 15.2. The number of nitrogens with zero attached hydrogens (tertiary/aromatic N) is 3. The summed E-state index contributed by atoms with van der Waals surface area (Å²) < 4.78 is 14.8. The molecule has 0 aliphatic heterocycles. The Labute approximate surface area is 127 Å². The summed E-state index contributed by atoms with van der Waals surface area (Å²) in [6, 6.07) is 5.68. The van der Waals surface area contributed by atoms with E-state index in [0.29, 0.717) is 5.69 Å². The average molecular weight is 308 g/mol. The lowest BCUT2D eigenvalue weighted by molar-refractivity contribution is -0.113. The number of hydrogen-bond acceptors (Lipinski definition) is 4. The summed E-state index contributed by atoms with van der Waals surface area (Å²) in [5, 5.41) is 11.6. The van der Waals surface area contributed by atoms with Crippen molar-refractivity contribution in [3.63, 3.8) is 0 Å². The van der Waals surface area contributed by atoms with E-state index in [1.807, 2.05) is 11.5 Å². The summed E-state index contributed by atoms with van der Waals surface area (Å²) in [6.45, 7) is 4.81. The average Bonchev–Trinajstić information content (AvgIpc) is 2.81. The van der Waals surface area contributed by atoms with Gasteiger partial charge in [-0.2, -0.15) is 0 Å². The minimum Gasteiger partial charge on any atom is -0.325 e. The zero-order valence-electron chi connectivity index (χ0n) is 12.0. The maximum absolute atomic E-state index is 12.8. The van der Waals surface area contributed by atoms with Gasteiger partial charge in [0.25, 0.3) is 0 Å². The molecule has 112 valence electrons. The fraction of sp³-hybridized carbons (Fsp3) is 0.357. The van der Waals surface area contributed by atoms with E-state index >= 15 is 0 Å². The molecule has 0 fully saturated rings. The van der Waals surface area contributed by atoms with Gasteiger partial charge in [-0.1, -0.05) is 18.7 Å². The van der Waals surface area contributed by atoms with Crippen molar-refractivity contribution >= 4 is 23.4 Å². The molecule has 0 spiro atoms. The Morgan fingerprint density at radius 2 is 2.05 bits per heavy atom. The number of halogens is 1. The molecule has 0 atom stereocenters. The standard InChI is InChI=1S/C14H17FN4OS/c1-3-8-19-10(2)17-18-14(19)21-9-13(20)16-12-6-4-11(15)5-7-12/h4-7H,3,8-9H2,1-2H3,(H,16,20). The van der Waals surface area contributed by atoms with Gasteiger partial charge in [-0.05, 0) is 37.6 Å². The number of aryl methyl sites for hydroxylation is 1. The van der Waals surface area contributed by atoms with Crippen molar-refractivity contribution in [1.29, 1.82) is 0 Å². The van der Waals surface area contributed by atoms with Gasteiger partial charge in [0.15, 0.2) is 5.16 Å². The molecule has 7 heteroatoms. The van der Waals surface area contributed by atoms with Gasteiger partial charge in [0, 0.05) is 12.2 Å². The lowest BCUT2D eigenvalue weighted by Gasteiger charge is -2.07. The lowest BCUT2D eigenvalue weighted by atomic mass is 10.3. The molecule has 1 heterocycles. The number of nitrogens with one attached hydrogen (secondary N) is 1. The molecule has 21 heavy (non-hydrogen) atoms. The molecule has 0 radical (unpaired) electrons. The van der Waals surface area contributed by atoms with E-state index in [9.17, 15) is 9.18 Å². The Balaban J connectivity index is 1.90. The summed E-state index contributed by atoms with van der Waals surface area (Å²) in [7, 11) is 0. The van der Waals surface area contributed by atoms with Crippen LogP contribution in [0.5, 0.6) is 0 Å². The summed E-state index contributed by atoms with van der Waals surface area (Å²) in [5.74, 6) is 0.596. The normalized spacial score (nSPS) is 10.6. The highest BCUT2D eigenvalue weighted by molar-refractivity contribution is 7.99. The summed E-state index contributed by atoms with van der Waals surface area (Å²) in [5.41, 5.74) is 0.577. The highest BCUT2D eigenvalue weighted by atomic mass is 32.2. The van der Waals surface area contributed by atoms with Crippen LogP contribution >= 0.6 is 11.8 Å². The molecule has 1 aromatic heterocycles. The van der Waals surface area contributed by atoms with Crippen LogP contribution in [0.4, 0.5) is 10.1 Å². The maximum Gasteiger partial charge on any atom is 0.234 e. The molecule has 0 aliphatic rings. The zero-order valence-corrected chi connectivity index (χ0v) is 12.8. The molecule has 5 nitrogen and oxygen atoms in total. The molecule has 0 bridgehead atoms. The van der Waals surface area contributed by atoms with Crippen molar-refractivity contribution in [3.8, 4) is 0 Å². The van der Waals surface area contributed by atoms with Crippen LogP contribution in [0.2, 0.25) is 0 Å². The summed E-state index contributed by atoms with van der Waals surface area (Å²) in [6.07, 6.45) is 0.980. The number of thioether (sulfide) groups is 1. The van der Waals surface area contributed by atoms with Crippen molar-refractivity contribution in [3.05, 3.63) is 35.9 Å². The van der Waals surface area contributed by atoms with E-state index in [0.717, 1.165) is 23.9 Å². The first-order valence-electron chi connectivity index (χ1n) is 6.68. The number of amides is 1. The molecular weight excluding hydrogens is 291 g/mol. The molecule has 2 aromatic rings. The SMILES string of the molecule is CCCn1c(C)nnc1SCC(=O)Nc1ccc(F)cc1. The van der Waals surface area contributed by atoms with Crippen LogP contribution in [-0.4, -0.2) is 26.4 Å². The Bertz CT molecular complexity index is 612. The van der Waals surface area contributed by atoms with Crippen LogP contribution < -0.4 is 5.32 Å². The predicted molar refractivity (Wildman–Crippen MR) is 80.8 cm³/mol. The molecule has 0 aliphatic carbocycles. The number of rotatable bonds is 6. The first-order chi connectivity index (χ1) is 10.1. The Morgan fingerprint density at radius 3 is 2.71 bits per heavy atom. The maximum atomic E-state index is 12.8. The molecule has 0 saturated heterocycles. The number of carbonyl (C=O) groups is 1. The second kappa shape index (κ2) is 7.21. The molecule has 0 unspecified atom stereocenters. The van der Waals surface area contributed by atoms with Gasteiger partial charge in [-0.3, -0.25) is 4.79 Å². The monoisotopic (exact) mass is 308 g/mol. The lowest BCUT2D eigenvalue weighted by Crippen LogP contribution is -2.14. The van der Waals surface area contributed by atoms with Crippen molar-refractivity contribution in [2.24, 2.45) is 0 Å². The van der Waals surface area contributed by atoms with Crippen molar-refractivity contribution in [2.45, 2.75) is 32.0 Å². The minimum absolute atomic E-state index is 0.157. The van der Waals surface area contributed by atoms with E-state index in [4.69, 9.17) is 0 Å². The topological polar surface area (TPSA) is 59.8 Å². The first-order valence-corrected chi connectivity index (χ1v) is 7.66. The Hall–Kier alpha value is -1.89. The number of benzene rings is 1. The molecular formula is C14H17FN4OS. The largest absolute Gasteiger partial charge is 0.325 e. The number of anilines is 1. The van der Waals surface area contributed by atoms with Gasteiger partial charge in [0.1, 0.15) is 11.6 Å². The molecule has 1 N–H and O–H groups in total. The Kier molecular flexibility index (Phi) is 5.32. The van der Waals surface area contributed by atoms with Crippen molar-refractivity contribution in [1.82, 2.24) is 14.8 Å². The fourth-order valence-electron chi connectivity index (χ4n) is 1.81. The van der Waals surface area contributed by atoms with Crippen LogP contribution in [0.15, 0.2) is 29.4 Å². The second-order valence-electron chi connectivity index (χ2n) is 4.53. The van der Waals surface area contributed by atoms with Crippen molar-refractivity contribution < 1.29 is 9.18 Å². The van der Waals surface area contributed by atoms with Crippen LogP contribution in [0.1, 0.15) is 19.2 Å². The third-order valence-corrected chi connectivity index (χ3v) is 3.78. The highest BCUT2D eigenvalue weighted by Crippen LogP contribution is 2.18. The van der Waals surface area contributed by atoms with E-state index in [1.54, 1.807) is 0 Å². The van der Waals surface area contributed by atoms with Gasteiger partial charge < -0.3 is 9.88 Å². The highest BCUT2D eigenvalue weighted by Gasteiger charge is 2.11. The number of aromatic nitrogens is 3. The summed E-state index contributed by atoms with van der Waals surface area (Å²) in [4.78, 5) is 11.9. The summed E-state index contributed by atoms with van der Waals surface area (Å²) >= 11 is 1.34. The van der Waals surface area contributed by atoms with Gasteiger partial charge in [0.2, 0.25) is 5.91 Å². The first kappa shape index (κ1) is 15.5.